The van der Waals surface area contributed by atoms with E-state index in [-0.39, 0.29) is 6.61 Å². The van der Waals surface area contributed by atoms with Crippen molar-refractivity contribution >= 4 is 29.2 Å². The monoisotopic (exact) mass is 638 g/mol. The molecule has 0 bridgehead atoms. The van der Waals surface area contributed by atoms with E-state index in [4.69, 9.17) is 43.9 Å². The lowest BCUT2D eigenvalue weighted by Gasteiger charge is -2.33. The number of ether oxygens (including phenoxy) is 1. The predicted octanol–water partition coefficient (Wildman–Crippen LogP) is 4.28. The number of aliphatic hydroxyl groups excluding tert-OH is 1. The van der Waals surface area contributed by atoms with Gasteiger partial charge in [0, 0.05) is 84.8 Å². The fourth-order valence-corrected chi connectivity index (χ4v) is 6.09. The Bertz CT molecular complexity index is 1530. The number of nitrogens with zero attached hydrogens (tertiary/aromatic N) is 4. The van der Waals surface area contributed by atoms with Crippen LogP contribution in [0, 0.1) is 11.8 Å². The number of amides is 2. The van der Waals surface area contributed by atoms with Crippen LogP contribution in [0.5, 0.6) is 0 Å². The summed E-state index contributed by atoms with van der Waals surface area (Å²) in [4.78, 5) is 16.2. The number of aryl methyl sites for hydroxylation is 1. The number of primary amides is 1. The summed E-state index contributed by atoms with van der Waals surface area (Å²) in [6, 6.07) is 11.5. The zero-order chi connectivity index (χ0) is 31.1. The van der Waals surface area contributed by atoms with Gasteiger partial charge in [-0.1, -0.05) is 41.1 Å². The first kappa shape index (κ1) is 32.3. The van der Waals surface area contributed by atoms with Crippen molar-refractivity contribution in [2.24, 2.45) is 5.73 Å². The standard InChI is InChI=1S/C33H40Cl2N6O3/c1-23-22-44-17-15-39(23)12-3-13-41-31-10-14-40(33(36)43)21-28(31)32(38-41)26-7-9-29(34)25(19-26)6-4-24-5-8-30(35)27(18-24)20-37-11-2-16-42/h5,7-9,18-19,23,37,42H,2-3,10-17,20-22H2,1H3,(H2,36,43)/t23-/m0/s1. The SMILES string of the molecule is C[C@H]1COCCN1CCCn1nc(-c2ccc(Cl)c(C#Cc3ccc(Cl)c(CNCCCO)c3)c2)c2c1CCN(C(N)=O)C2. The summed E-state index contributed by atoms with van der Waals surface area (Å²) in [5.41, 5.74) is 12.0. The average molecular weight is 640 g/mol. The van der Waals surface area contributed by atoms with Crippen molar-refractivity contribution in [2.75, 3.05) is 46.0 Å². The Labute approximate surface area is 269 Å². The van der Waals surface area contributed by atoms with Gasteiger partial charge in [0.05, 0.1) is 30.5 Å². The average Bonchev–Trinajstić information content (AvgIpc) is 3.38. The summed E-state index contributed by atoms with van der Waals surface area (Å²) in [7, 11) is 0. The van der Waals surface area contributed by atoms with E-state index in [2.05, 4.69) is 33.7 Å². The van der Waals surface area contributed by atoms with Crippen molar-refractivity contribution in [1.29, 1.82) is 0 Å². The first-order valence-corrected chi connectivity index (χ1v) is 16.0. The Morgan fingerprint density at radius 3 is 2.77 bits per heavy atom. The molecular formula is C33H40Cl2N6O3. The third kappa shape index (κ3) is 7.94. The summed E-state index contributed by atoms with van der Waals surface area (Å²) in [5.74, 6) is 6.47. The number of carbonyl (C=O) groups is 1. The molecule has 9 nitrogen and oxygen atoms in total. The molecule has 234 valence electrons. The molecule has 2 amide bonds. The van der Waals surface area contributed by atoms with Gasteiger partial charge < -0.3 is 25.8 Å². The van der Waals surface area contributed by atoms with E-state index in [9.17, 15) is 4.79 Å². The highest BCUT2D eigenvalue weighted by molar-refractivity contribution is 6.32. The number of aliphatic hydroxyl groups is 1. The van der Waals surface area contributed by atoms with Gasteiger partial charge in [-0.3, -0.25) is 9.58 Å². The topological polar surface area (TPSA) is 109 Å². The lowest BCUT2D eigenvalue weighted by molar-refractivity contribution is -0.00122. The summed E-state index contributed by atoms with van der Waals surface area (Å²) in [5, 5.41) is 18.6. The van der Waals surface area contributed by atoms with Gasteiger partial charge in [-0.2, -0.15) is 5.10 Å². The van der Waals surface area contributed by atoms with Crippen molar-refractivity contribution < 1.29 is 14.6 Å². The number of carbonyl (C=O) groups excluding carboxylic acids is 1. The third-order valence-corrected chi connectivity index (χ3v) is 8.92. The molecule has 3 heterocycles. The minimum atomic E-state index is -0.427. The quantitative estimate of drug-likeness (QED) is 0.226. The van der Waals surface area contributed by atoms with Gasteiger partial charge >= 0.3 is 6.03 Å². The molecule has 1 atom stereocenters. The third-order valence-electron chi connectivity index (χ3n) is 8.22. The number of urea groups is 1. The molecule has 2 aromatic carbocycles. The summed E-state index contributed by atoms with van der Waals surface area (Å²) in [6.45, 7) is 8.90. The molecule has 1 fully saturated rings. The number of benzene rings is 2. The van der Waals surface area contributed by atoms with E-state index in [1.165, 1.54) is 0 Å². The zero-order valence-electron chi connectivity index (χ0n) is 25.1. The van der Waals surface area contributed by atoms with Crippen LogP contribution >= 0.6 is 23.2 Å². The number of nitrogens with one attached hydrogen (secondary N) is 1. The van der Waals surface area contributed by atoms with E-state index < -0.39 is 6.03 Å². The number of morpholine rings is 1. The van der Waals surface area contributed by atoms with Crippen LogP contribution in [0.25, 0.3) is 11.3 Å². The van der Waals surface area contributed by atoms with Gasteiger partial charge in [0.25, 0.3) is 0 Å². The van der Waals surface area contributed by atoms with Crippen LogP contribution < -0.4 is 11.1 Å². The van der Waals surface area contributed by atoms with Crippen molar-refractivity contribution in [3.8, 4) is 23.1 Å². The minimum absolute atomic E-state index is 0.146. The van der Waals surface area contributed by atoms with Gasteiger partial charge in [-0.05, 0) is 62.2 Å². The van der Waals surface area contributed by atoms with Gasteiger partial charge in [0.2, 0.25) is 0 Å². The van der Waals surface area contributed by atoms with E-state index in [1.54, 1.807) is 4.90 Å². The van der Waals surface area contributed by atoms with Crippen molar-refractivity contribution in [1.82, 2.24) is 24.9 Å². The molecule has 0 unspecified atom stereocenters. The van der Waals surface area contributed by atoms with E-state index in [1.807, 2.05) is 36.4 Å². The molecule has 44 heavy (non-hydrogen) atoms. The number of hydrogen-bond acceptors (Lipinski definition) is 6. The van der Waals surface area contributed by atoms with Crippen molar-refractivity contribution in [2.45, 2.75) is 51.9 Å². The molecule has 3 aromatic rings. The second-order valence-corrected chi connectivity index (χ2v) is 12.1. The van der Waals surface area contributed by atoms with Crippen molar-refractivity contribution in [3.05, 3.63) is 74.4 Å². The Morgan fingerprint density at radius 1 is 1.14 bits per heavy atom. The summed E-state index contributed by atoms with van der Waals surface area (Å²) >= 11 is 13.0. The summed E-state index contributed by atoms with van der Waals surface area (Å²) in [6.07, 6.45) is 2.35. The maximum atomic E-state index is 12.1. The molecule has 0 radical (unpaired) electrons. The molecule has 11 heteroatoms. The van der Waals surface area contributed by atoms with Crippen LogP contribution in [0.2, 0.25) is 10.0 Å². The first-order valence-electron chi connectivity index (χ1n) is 15.2. The lowest BCUT2D eigenvalue weighted by atomic mass is 9.99. The smallest absolute Gasteiger partial charge is 0.315 e. The molecule has 2 aliphatic rings. The molecular weight excluding hydrogens is 599 g/mol. The highest BCUT2D eigenvalue weighted by Gasteiger charge is 2.27. The van der Waals surface area contributed by atoms with E-state index in [0.29, 0.717) is 60.7 Å². The molecule has 0 spiro atoms. The van der Waals surface area contributed by atoms with Crippen molar-refractivity contribution in [3.63, 3.8) is 0 Å². The number of nitrogens with two attached hydrogens (primary N) is 1. The number of fused-ring (bicyclic) bond motifs is 1. The first-order chi connectivity index (χ1) is 21.3. The molecule has 5 rings (SSSR count). The van der Waals surface area contributed by atoms with E-state index in [0.717, 1.165) is 72.9 Å². The van der Waals surface area contributed by atoms with Gasteiger partial charge in [0.1, 0.15) is 0 Å². The normalized spacial score (nSPS) is 16.8. The molecule has 0 saturated carbocycles. The van der Waals surface area contributed by atoms with Gasteiger partial charge in [-0.25, -0.2) is 4.79 Å². The molecule has 4 N–H and O–H groups in total. The Balaban J connectivity index is 1.39. The van der Waals surface area contributed by atoms with Crippen LogP contribution in [-0.4, -0.2) is 82.8 Å². The second kappa shape index (κ2) is 15.3. The lowest BCUT2D eigenvalue weighted by Crippen LogP contribution is -2.44. The minimum Gasteiger partial charge on any atom is -0.396 e. The number of hydrogen-bond donors (Lipinski definition) is 3. The number of halogens is 2. The van der Waals surface area contributed by atoms with E-state index >= 15 is 0 Å². The van der Waals surface area contributed by atoms with Gasteiger partial charge in [0.15, 0.2) is 0 Å². The predicted molar refractivity (Wildman–Crippen MR) is 174 cm³/mol. The fourth-order valence-electron chi connectivity index (χ4n) is 5.74. The summed E-state index contributed by atoms with van der Waals surface area (Å²) < 4.78 is 7.70. The molecule has 1 saturated heterocycles. The number of rotatable bonds is 10. The van der Waals surface area contributed by atoms with Crippen LogP contribution in [0.3, 0.4) is 0 Å². The van der Waals surface area contributed by atoms with Crippen LogP contribution in [0.4, 0.5) is 4.79 Å². The molecule has 2 aliphatic heterocycles. The maximum Gasteiger partial charge on any atom is 0.315 e. The molecule has 0 aliphatic carbocycles. The van der Waals surface area contributed by atoms with Crippen LogP contribution in [0.15, 0.2) is 36.4 Å². The van der Waals surface area contributed by atoms with Gasteiger partial charge in [-0.15, -0.1) is 0 Å². The van der Waals surface area contributed by atoms with Crippen LogP contribution in [-0.2, 0) is 30.8 Å². The fraction of sp³-hybridized carbons (Fsp3) is 0.455. The maximum absolute atomic E-state index is 12.1. The van der Waals surface area contributed by atoms with Crippen LogP contribution in [0.1, 0.15) is 47.7 Å². The highest BCUT2D eigenvalue weighted by atomic mass is 35.5. The number of aromatic nitrogens is 2. The Kier molecular flexibility index (Phi) is 11.2. The largest absolute Gasteiger partial charge is 0.396 e. The second-order valence-electron chi connectivity index (χ2n) is 11.3. The Hall–Kier alpha value is -3.10. The highest BCUT2D eigenvalue weighted by Crippen LogP contribution is 2.32. The zero-order valence-corrected chi connectivity index (χ0v) is 26.6. The Morgan fingerprint density at radius 2 is 1.98 bits per heavy atom. The molecule has 1 aromatic heterocycles.